The molecule has 0 aliphatic carbocycles. The van der Waals surface area contributed by atoms with Crippen molar-refractivity contribution in [2.75, 3.05) is 19.3 Å². The van der Waals surface area contributed by atoms with Gasteiger partial charge < -0.3 is 10.6 Å². The van der Waals surface area contributed by atoms with Gasteiger partial charge in [0, 0.05) is 25.7 Å². The molecule has 0 amide bonds. The van der Waals surface area contributed by atoms with Crippen LogP contribution in [0.15, 0.2) is 29.3 Å². The monoisotopic (exact) mass is 189 g/mol. The lowest BCUT2D eigenvalue weighted by Gasteiger charge is -2.10. The van der Waals surface area contributed by atoms with E-state index in [1.54, 1.807) is 0 Å². The fraction of sp³-hybridized carbons (Fsp3) is 0.364. The fourth-order valence-electron chi connectivity index (χ4n) is 1.63. The van der Waals surface area contributed by atoms with Crippen molar-refractivity contribution in [2.45, 2.75) is 12.8 Å². The Morgan fingerprint density at radius 1 is 1.29 bits per heavy atom. The summed E-state index contributed by atoms with van der Waals surface area (Å²) in [5.41, 5.74) is 7.38. The van der Waals surface area contributed by atoms with Gasteiger partial charge in [-0.2, -0.15) is 0 Å². The highest BCUT2D eigenvalue weighted by Crippen LogP contribution is 2.18. The van der Waals surface area contributed by atoms with E-state index >= 15 is 0 Å². The molecule has 0 saturated carbocycles. The number of hydrogen-bond acceptors (Lipinski definition) is 2. The first kappa shape index (κ1) is 9.06. The molecule has 3 heteroatoms. The maximum atomic E-state index is 5.60. The number of aliphatic imine (C=N–C) groups is 1. The summed E-state index contributed by atoms with van der Waals surface area (Å²) in [6.07, 6.45) is 2.30. The van der Waals surface area contributed by atoms with Gasteiger partial charge in [0.25, 0.3) is 0 Å². The lowest BCUT2D eigenvalue weighted by atomic mass is 10.3. The van der Waals surface area contributed by atoms with Crippen molar-refractivity contribution in [2.24, 2.45) is 4.99 Å². The molecule has 0 atom stereocenters. The molecule has 1 aliphatic heterocycles. The van der Waals surface area contributed by atoms with E-state index in [4.69, 9.17) is 5.73 Å². The molecular formula is C11H15N3. The molecule has 0 spiro atoms. The van der Waals surface area contributed by atoms with Crippen LogP contribution in [0.1, 0.15) is 12.8 Å². The average Bonchev–Trinajstić information content (AvgIpc) is 2.56. The molecule has 0 bridgehead atoms. The van der Waals surface area contributed by atoms with Gasteiger partial charge in [-0.05, 0) is 30.7 Å². The second-order valence-corrected chi connectivity index (χ2v) is 3.64. The van der Waals surface area contributed by atoms with E-state index in [-0.39, 0.29) is 0 Å². The minimum Gasteiger partial charge on any atom is -0.399 e. The molecule has 3 nitrogen and oxygen atoms in total. The highest BCUT2D eigenvalue weighted by Gasteiger charge is 2.13. The van der Waals surface area contributed by atoms with E-state index in [1.807, 2.05) is 24.3 Å². The van der Waals surface area contributed by atoms with E-state index in [2.05, 4.69) is 16.9 Å². The molecule has 2 rings (SSSR count). The van der Waals surface area contributed by atoms with E-state index in [9.17, 15) is 0 Å². The maximum Gasteiger partial charge on any atom is 0.105 e. The quantitative estimate of drug-likeness (QED) is 0.687. The van der Waals surface area contributed by atoms with E-state index < -0.39 is 0 Å². The molecule has 1 heterocycles. The highest BCUT2D eigenvalue weighted by atomic mass is 15.2. The Kier molecular flexibility index (Phi) is 2.39. The van der Waals surface area contributed by atoms with Crippen LogP contribution in [0.25, 0.3) is 0 Å². The first-order valence-corrected chi connectivity index (χ1v) is 4.90. The molecule has 0 aromatic heterocycles. The average molecular weight is 189 g/mol. The zero-order valence-electron chi connectivity index (χ0n) is 8.40. The predicted molar refractivity (Wildman–Crippen MR) is 59.8 cm³/mol. The molecule has 1 aromatic rings. The summed E-state index contributed by atoms with van der Waals surface area (Å²) in [7, 11) is 2.09. The first-order valence-electron chi connectivity index (χ1n) is 4.90. The van der Waals surface area contributed by atoms with Crippen molar-refractivity contribution >= 4 is 17.2 Å². The van der Waals surface area contributed by atoms with Crippen LogP contribution in [0, 0.1) is 0 Å². The number of likely N-dealkylation sites (tertiary alicyclic amines) is 1. The summed E-state index contributed by atoms with van der Waals surface area (Å²) in [6.45, 7) is 1.12. The SMILES string of the molecule is CN1CCC/C1=N/c1ccc(N)cc1. The third-order valence-electron chi connectivity index (χ3n) is 2.49. The van der Waals surface area contributed by atoms with Crippen LogP contribution in [-0.4, -0.2) is 24.3 Å². The molecule has 0 radical (unpaired) electrons. The van der Waals surface area contributed by atoms with Crippen molar-refractivity contribution in [3.05, 3.63) is 24.3 Å². The van der Waals surface area contributed by atoms with Crippen molar-refractivity contribution in [3.8, 4) is 0 Å². The Balaban J connectivity index is 2.20. The normalized spacial score (nSPS) is 19.2. The third-order valence-corrected chi connectivity index (χ3v) is 2.49. The molecule has 1 saturated heterocycles. The molecular weight excluding hydrogens is 174 g/mol. The standard InChI is InChI=1S/C11H15N3/c1-14-8-2-3-11(14)13-10-6-4-9(12)5-7-10/h4-7H,2-3,8,12H2,1H3/b13-11-. The molecule has 2 N–H and O–H groups in total. The number of anilines is 1. The second kappa shape index (κ2) is 3.70. The number of hydrogen-bond donors (Lipinski definition) is 1. The summed E-state index contributed by atoms with van der Waals surface area (Å²) in [6, 6.07) is 7.67. The number of nitrogens with zero attached hydrogens (tertiary/aromatic N) is 2. The Labute approximate surface area is 84.2 Å². The van der Waals surface area contributed by atoms with Crippen LogP contribution in [0.2, 0.25) is 0 Å². The van der Waals surface area contributed by atoms with E-state index in [0.29, 0.717) is 0 Å². The zero-order chi connectivity index (χ0) is 9.97. The highest BCUT2D eigenvalue weighted by molar-refractivity contribution is 5.86. The lowest BCUT2D eigenvalue weighted by Crippen LogP contribution is -2.18. The van der Waals surface area contributed by atoms with Crippen molar-refractivity contribution < 1.29 is 0 Å². The molecule has 74 valence electrons. The molecule has 14 heavy (non-hydrogen) atoms. The summed E-state index contributed by atoms with van der Waals surface area (Å²) in [5, 5.41) is 0. The number of rotatable bonds is 1. The van der Waals surface area contributed by atoms with Crippen LogP contribution in [0.3, 0.4) is 0 Å². The molecule has 1 aromatic carbocycles. The third kappa shape index (κ3) is 1.87. The lowest BCUT2D eigenvalue weighted by molar-refractivity contribution is 0.550. The van der Waals surface area contributed by atoms with Gasteiger partial charge in [-0.3, -0.25) is 0 Å². The largest absolute Gasteiger partial charge is 0.399 e. The number of nitrogens with two attached hydrogens (primary N) is 1. The van der Waals surface area contributed by atoms with Crippen LogP contribution < -0.4 is 5.73 Å². The zero-order valence-corrected chi connectivity index (χ0v) is 8.40. The Morgan fingerprint density at radius 2 is 2.00 bits per heavy atom. The summed E-state index contributed by atoms with van der Waals surface area (Å²) < 4.78 is 0. The second-order valence-electron chi connectivity index (χ2n) is 3.64. The van der Waals surface area contributed by atoms with Crippen LogP contribution in [0.5, 0.6) is 0 Å². The van der Waals surface area contributed by atoms with Crippen LogP contribution >= 0.6 is 0 Å². The van der Waals surface area contributed by atoms with Gasteiger partial charge in [0.15, 0.2) is 0 Å². The summed E-state index contributed by atoms with van der Waals surface area (Å²) in [5.74, 6) is 1.18. The van der Waals surface area contributed by atoms with Crippen molar-refractivity contribution in [1.29, 1.82) is 0 Å². The Morgan fingerprint density at radius 3 is 2.57 bits per heavy atom. The van der Waals surface area contributed by atoms with Gasteiger partial charge in [-0.25, -0.2) is 4.99 Å². The van der Waals surface area contributed by atoms with Crippen molar-refractivity contribution in [3.63, 3.8) is 0 Å². The molecule has 0 unspecified atom stereocenters. The number of benzene rings is 1. The number of nitrogen functional groups attached to an aromatic ring is 1. The minimum atomic E-state index is 0.786. The summed E-state index contributed by atoms with van der Waals surface area (Å²) in [4.78, 5) is 6.77. The summed E-state index contributed by atoms with van der Waals surface area (Å²) >= 11 is 0. The number of amidine groups is 1. The predicted octanol–water partition coefficient (Wildman–Crippen LogP) is 2.02. The smallest absolute Gasteiger partial charge is 0.105 e. The molecule has 1 aliphatic rings. The topological polar surface area (TPSA) is 41.6 Å². The van der Waals surface area contributed by atoms with E-state index in [1.165, 1.54) is 12.3 Å². The first-order chi connectivity index (χ1) is 6.75. The maximum absolute atomic E-state index is 5.60. The van der Waals surface area contributed by atoms with Crippen LogP contribution in [-0.2, 0) is 0 Å². The Hall–Kier alpha value is -1.51. The van der Waals surface area contributed by atoms with Gasteiger partial charge in [0.1, 0.15) is 5.84 Å². The Bertz CT molecular complexity index is 340. The fourth-order valence-corrected chi connectivity index (χ4v) is 1.63. The van der Waals surface area contributed by atoms with E-state index in [0.717, 1.165) is 24.3 Å². The minimum absolute atomic E-state index is 0.786. The molecule has 1 fully saturated rings. The van der Waals surface area contributed by atoms with Crippen LogP contribution in [0.4, 0.5) is 11.4 Å². The van der Waals surface area contributed by atoms with Gasteiger partial charge in [-0.1, -0.05) is 0 Å². The van der Waals surface area contributed by atoms with Crippen molar-refractivity contribution in [1.82, 2.24) is 4.90 Å². The van der Waals surface area contributed by atoms with Gasteiger partial charge in [0.2, 0.25) is 0 Å². The van der Waals surface area contributed by atoms with Gasteiger partial charge in [-0.15, -0.1) is 0 Å². The van der Waals surface area contributed by atoms with Gasteiger partial charge >= 0.3 is 0 Å². The van der Waals surface area contributed by atoms with Gasteiger partial charge in [0.05, 0.1) is 5.69 Å².